The van der Waals surface area contributed by atoms with Gasteiger partial charge in [-0.2, -0.15) is 5.10 Å². The SMILES string of the molecule is CC(C)(C)OC(=O)N1CCc2cc(C=O)nn2C1.CCOC. The van der Waals surface area contributed by atoms with Gasteiger partial charge in [0, 0.05) is 32.4 Å². The number of methoxy groups -OCH3 is 1. The third-order valence-corrected chi connectivity index (χ3v) is 2.89. The van der Waals surface area contributed by atoms with Crippen molar-refractivity contribution in [1.29, 1.82) is 0 Å². The van der Waals surface area contributed by atoms with E-state index in [1.54, 1.807) is 22.8 Å². The lowest BCUT2D eigenvalue weighted by molar-refractivity contribution is 0.0150. The van der Waals surface area contributed by atoms with Crippen LogP contribution in [0.3, 0.4) is 0 Å². The Labute approximate surface area is 131 Å². The minimum Gasteiger partial charge on any atom is -0.444 e. The molecule has 0 aromatic carbocycles. The number of aromatic nitrogens is 2. The van der Waals surface area contributed by atoms with Crippen LogP contribution in [0.15, 0.2) is 6.07 Å². The number of nitrogens with zero attached hydrogens (tertiary/aromatic N) is 3. The zero-order valence-electron chi connectivity index (χ0n) is 14.0. The van der Waals surface area contributed by atoms with Gasteiger partial charge in [-0.1, -0.05) is 0 Å². The highest BCUT2D eigenvalue weighted by molar-refractivity contribution is 5.72. The first kappa shape index (κ1) is 18.2. The number of rotatable bonds is 2. The van der Waals surface area contributed by atoms with Crippen LogP contribution in [0.4, 0.5) is 4.79 Å². The summed E-state index contributed by atoms with van der Waals surface area (Å²) >= 11 is 0. The Morgan fingerprint density at radius 2 is 2.09 bits per heavy atom. The average Bonchev–Trinajstić information content (AvgIpc) is 2.87. The Kier molecular flexibility index (Phi) is 6.55. The van der Waals surface area contributed by atoms with Crippen molar-refractivity contribution in [2.24, 2.45) is 0 Å². The maximum absolute atomic E-state index is 11.9. The molecule has 0 saturated carbocycles. The zero-order valence-corrected chi connectivity index (χ0v) is 14.0. The zero-order chi connectivity index (χ0) is 16.8. The Bertz CT molecular complexity index is 503. The van der Waals surface area contributed by atoms with Crippen LogP contribution in [0.2, 0.25) is 0 Å². The van der Waals surface area contributed by atoms with E-state index in [0.717, 1.165) is 12.3 Å². The molecular weight excluding hydrogens is 286 g/mol. The largest absolute Gasteiger partial charge is 0.444 e. The van der Waals surface area contributed by atoms with Crippen molar-refractivity contribution in [2.45, 2.75) is 46.4 Å². The summed E-state index contributed by atoms with van der Waals surface area (Å²) in [6.07, 6.45) is 1.04. The molecule has 0 saturated heterocycles. The van der Waals surface area contributed by atoms with E-state index < -0.39 is 5.60 Å². The van der Waals surface area contributed by atoms with E-state index in [1.807, 2.05) is 27.7 Å². The van der Waals surface area contributed by atoms with E-state index in [1.165, 1.54) is 0 Å². The van der Waals surface area contributed by atoms with Gasteiger partial charge in [0.15, 0.2) is 6.29 Å². The first-order valence-electron chi connectivity index (χ1n) is 7.29. The summed E-state index contributed by atoms with van der Waals surface area (Å²) in [5.74, 6) is 0. The van der Waals surface area contributed by atoms with E-state index >= 15 is 0 Å². The molecule has 1 aromatic heterocycles. The first-order valence-corrected chi connectivity index (χ1v) is 7.29. The number of ether oxygens (including phenoxy) is 2. The summed E-state index contributed by atoms with van der Waals surface area (Å²) in [7, 11) is 1.68. The molecule has 0 fully saturated rings. The van der Waals surface area contributed by atoms with Crippen LogP contribution >= 0.6 is 0 Å². The molecule has 0 bridgehead atoms. The van der Waals surface area contributed by atoms with Gasteiger partial charge in [0.05, 0.1) is 0 Å². The lowest BCUT2D eigenvalue weighted by Crippen LogP contribution is -2.42. The smallest absolute Gasteiger partial charge is 0.411 e. The van der Waals surface area contributed by atoms with Crippen LogP contribution in [0.25, 0.3) is 0 Å². The third-order valence-electron chi connectivity index (χ3n) is 2.89. The molecule has 0 N–H and O–H groups in total. The van der Waals surface area contributed by atoms with Crippen LogP contribution in [0.5, 0.6) is 0 Å². The van der Waals surface area contributed by atoms with Crippen molar-refractivity contribution in [3.63, 3.8) is 0 Å². The molecule has 22 heavy (non-hydrogen) atoms. The number of amides is 1. The molecule has 1 amide bonds. The Morgan fingerprint density at radius 3 is 2.59 bits per heavy atom. The molecule has 2 heterocycles. The summed E-state index contributed by atoms with van der Waals surface area (Å²) in [6.45, 7) is 9.19. The number of hydrogen-bond donors (Lipinski definition) is 0. The fourth-order valence-corrected chi connectivity index (χ4v) is 1.82. The van der Waals surface area contributed by atoms with Crippen LogP contribution in [-0.4, -0.2) is 52.9 Å². The third kappa shape index (κ3) is 5.48. The Morgan fingerprint density at radius 1 is 1.45 bits per heavy atom. The quantitative estimate of drug-likeness (QED) is 0.782. The predicted octanol–water partition coefficient (Wildman–Crippen LogP) is 2.10. The van der Waals surface area contributed by atoms with Gasteiger partial charge in [0.1, 0.15) is 18.0 Å². The number of carbonyl (C=O) groups excluding carboxylic acids is 2. The fourth-order valence-electron chi connectivity index (χ4n) is 1.82. The maximum atomic E-state index is 11.9. The molecule has 0 radical (unpaired) electrons. The Hall–Kier alpha value is -1.89. The van der Waals surface area contributed by atoms with Crippen LogP contribution in [0.1, 0.15) is 43.9 Å². The van der Waals surface area contributed by atoms with Crippen molar-refractivity contribution in [3.05, 3.63) is 17.5 Å². The molecule has 1 aliphatic heterocycles. The van der Waals surface area contributed by atoms with Crippen molar-refractivity contribution in [1.82, 2.24) is 14.7 Å². The van der Waals surface area contributed by atoms with Crippen LogP contribution < -0.4 is 0 Å². The van der Waals surface area contributed by atoms with Crippen molar-refractivity contribution in [3.8, 4) is 0 Å². The minimum absolute atomic E-state index is 0.331. The number of fused-ring (bicyclic) bond motifs is 1. The highest BCUT2D eigenvalue weighted by Gasteiger charge is 2.26. The lowest BCUT2D eigenvalue weighted by Gasteiger charge is -2.30. The van der Waals surface area contributed by atoms with Gasteiger partial charge < -0.3 is 9.47 Å². The molecule has 0 atom stereocenters. The second-order valence-corrected chi connectivity index (χ2v) is 5.89. The lowest BCUT2D eigenvalue weighted by atomic mass is 10.2. The van der Waals surface area contributed by atoms with Crippen LogP contribution in [0, 0.1) is 0 Å². The highest BCUT2D eigenvalue weighted by atomic mass is 16.6. The minimum atomic E-state index is -0.505. The van der Waals surface area contributed by atoms with E-state index in [2.05, 4.69) is 9.84 Å². The molecule has 0 unspecified atom stereocenters. The van der Waals surface area contributed by atoms with Gasteiger partial charge in [-0.15, -0.1) is 0 Å². The van der Waals surface area contributed by atoms with E-state index in [-0.39, 0.29) is 6.09 Å². The normalized spacial score (nSPS) is 13.8. The number of hydrogen-bond acceptors (Lipinski definition) is 5. The van der Waals surface area contributed by atoms with Gasteiger partial charge in [0.2, 0.25) is 0 Å². The van der Waals surface area contributed by atoms with E-state index in [0.29, 0.717) is 31.6 Å². The summed E-state index contributed by atoms with van der Waals surface area (Å²) < 4.78 is 11.5. The number of carbonyl (C=O) groups is 2. The van der Waals surface area contributed by atoms with Crippen molar-refractivity contribution < 1.29 is 19.1 Å². The standard InChI is InChI=1S/C12H17N3O3.C3H8O/c1-12(2,3)18-11(17)14-5-4-10-6-9(7-16)13-15(10)8-14;1-3-4-2/h6-7H,4-5,8H2,1-3H3;3H2,1-2H3. The summed E-state index contributed by atoms with van der Waals surface area (Å²) in [6, 6.07) is 1.75. The molecule has 7 nitrogen and oxygen atoms in total. The second-order valence-electron chi connectivity index (χ2n) is 5.89. The fraction of sp³-hybridized carbons (Fsp3) is 0.667. The molecular formula is C15H25N3O4. The second kappa shape index (κ2) is 7.93. The van der Waals surface area contributed by atoms with Gasteiger partial charge in [-0.25, -0.2) is 9.48 Å². The first-order chi connectivity index (χ1) is 10.3. The average molecular weight is 311 g/mol. The Balaban J connectivity index is 0.000000541. The van der Waals surface area contributed by atoms with E-state index in [4.69, 9.17) is 4.74 Å². The van der Waals surface area contributed by atoms with Crippen LogP contribution in [-0.2, 0) is 22.6 Å². The van der Waals surface area contributed by atoms with Gasteiger partial charge >= 0.3 is 6.09 Å². The highest BCUT2D eigenvalue weighted by Crippen LogP contribution is 2.16. The molecule has 124 valence electrons. The van der Waals surface area contributed by atoms with Gasteiger partial charge in [-0.05, 0) is 33.8 Å². The monoisotopic (exact) mass is 311 g/mol. The van der Waals surface area contributed by atoms with Crippen molar-refractivity contribution in [2.75, 3.05) is 20.3 Å². The molecule has 0 aliphatic carbocycles. The predicted molar refractivity (Wildman–Crippen MR) is 81.8 cm³/mol. The molecule has 7 heteroatoms. The van der Waals surface area contributed by atoms with Gasteiger partial charge in [0.25, 0.3) is 0 Å². The molecule has 1 aliphatic rings. The van der Waals surface area contributed by atoms with Gasteiger partial charge in [-0.3, -0.25) is 9.69 Å². The van der Waals surface area contributed by atoms with Crippen molar-refractivity contribution >= 4 is 12.4 Å². The molecule has 2 rings (SSSR count). The van der Waals surface area contributed by atoms with E-state index in [9.17, 15) is 9.59 Å². The topological polar surface area (TPSA) is 73.7 Å². The molecule has 0 spiro atoms. The molecule has 1 aromatic rings. The summed E-state index contributed by atoms with van der Waals surface area (Å²) in [5, 5.41) is 4.10. The maximum Gasteiger partial charge on any atom is 0.411 e. The number of aldehydes is 1. The summed E-state index contributed by atoms with van der Waals surface area (Å²) in [5.41, 5.74) is 0.864. The summed E-state index contributed by atoms with van der Waals surface area (Å²) in [4.78, 5) is 24.1.